The van der Waals surface area contributed by atoms with Crippen molar-refractivity contribution in [3.05, 3.63) is 41.1 Å². The zero-order valence-electron chi connectivity index (χ0n) is 14.0. The van der Waals surface area contributed by atoms with Crippen LogP contribution < -0.4 is 10.1 Å². The summed E-state index contributed by atoms with van der Waals surface area (Å²) < 4.78 is 12.3. The molecule has 0 unspecified atom stereocenters. The monoisotopic (exact) mass is 329 g/mol. The Morgan fingerprint density at radius 3 is 2.88 bits per heavy atom. The SMILES string of the molecule is COc1cccc([C@@H]2C(C(=O)OC(C)C)=C(C)Nc3nnnn32)c1. The maximum atomic E-state index is 12.7. The molecule has 0 spiro atoms. The van der Waals surface area contributed by atoms with Crippen LogP contribution in [0.4, 0.5) is 5.95 Å². The molecule has 1 aliphatic rings. The third kappa shape index (κ3) is 2.82. The second-order valence-electron chi connectivity index (χ2n) is 5.74. The Morgan fingerprint density at radius 1 is 1.38 bits per heavy atom. The van der Waals surface area contributed by atoms with E-state index in [1.165, 1.54) is 0 Å². The lowest BCUT2D eigenvalue weighted by Gasteiger charge is -2.28. The summed E-state index contributed by atoms with van der Waals surface area (Å²) in [7, 11) is 1.60. The number of carbonyl (C=O) groups excluding carboxylic acids is 1. The Hall–Kier alpha value is -2.90. The Balaban J connectivity index is 2.12. The van der Waals surface area contributed by atoms with Crippen LogP contribution in [0.3, 0.4) is 0 Å². The number of carbonyl (C=O) groups is 1. The number of anilines is 1. The van der Waals surface area contributed by atoms with E-state index in [-0.39, 0.29) is 6.10 Å². The average Bonchev–Trinajstić information content (AvgIpc) is 3.00. The minimum absolute atomic E-state index is 0.223. The first kappa shape index (κ1) is 16.0. The number of tetrazole rings is 1. The highest BCUT2D eigenvalue weighted by Crippen LogP contribution is 2.36. The Bertz CT molecular complexity index is 797. The molecule has 3 rings (SSSR count). The number of benzene rings is 1. The molecule has 2 aromatic rings. The molecule has 126 valence electrons. The fraction of sp³-hybridized carbons (Fsp3) is 0.375. The van der Waals surface area contributed by atoms with Crippen LogP contribution in [0.25, 0.3) is 0 Å². The van der Waals surface area contributed by atoms with E-state index in [0.29, 0.717) is 23.0 Å². The van der Waals surface area contributed by atoms with Crippen LogP contribution >= 0.6 is 0 Å². The lowest BCUT2D eigenvalue weighted by Crippen LogP contribution is -2.30. The highest BCUT2D eigenvalue weighted by atomic mass is 16.5. The number of methoxy groups -OCH3 is 1. The van der Waals surface area contributed by atoms with Gasteiger partial charge in [-0.2, -0.15) is 4.68 Å². The molecule has 24 heavy (non-hydrogen) atoms. The van der Waals surface area contributed by atoms with Crippen molar-refractivity contribution in [3.63, 3.8) is 0 Å². The summed E-state index contributed by atoms with van der Waals surface area (Å²) in [6, 6.07) is 6.98. The molecule has 1 atom stereocenters. The highest BCUT2D eigenvalue weighted by Gasteiger charge is 2.35. The van der Waals surface area contributed by atoms with Crippen molar-refractivity contribution >= 4 is 11.9 Å². The van der Waals surface area contributed by atoms with Crippen LogP contribution in [-0.2, 0) is 9.53 Å². The topological polar surface area (TPSA) is 91.2 Å². The van der Waals surface area contributed by atoms with E-state index in [4.69, 9.17) is 9.47 Å². The number of ether oxygens (including phenoxy) is 2. The molecule has 8 heteroatoms. The minimum Gasteiger partial charge on any atom is -0.497 e. The van der Waals surface area contributed by atoms with Gasteiger partial charge in [-0.05, 0) is 48.9 Å². The maximum Gasteiger partial charge on any atom is 0.338 e. The van der Waals surface area contributed by atoms with Gasteiger partial charge in [0.1, 0.15) is 11.8 Å². The number of rotatable bonds is 4. The predicted molar refractivity (Wildman–Crippen MR) is 86.5 cm³/mol. The molecule has 0 bridgehead atoms. The third-order valence-corrected chi connectivity index (χ3v) is 3.69. The Labute approximate surface area is 139 Å². The van der Waals surface area contributed by atoms with E-state index in [9.17, 15) is 4.79 Å². The van der Waals surface area contributed by atoms with Crippen LogP contribution in [0.15, 0.2) is 35.5 Å². The van der Waals surface area contributed by atoms with Crippen molar-refractivity contribution in [1.29, 1.82) is 0 Å². The number of aromatic nitrogens is 4. The molecule has 1 aromatic heterocycles. The van der Waals surface area contributed by atoms with Crippen molar-refractivity contribution < 1.29 is 14.3 Å². The van der Waals surface area contributed by atoms with Gasteiger partial charge < -0.3 is 14.8 Å². The number of fused-ring (bicyclic) bond motifs is 1. The van der Waals surface area contributed by atoms with Gasteiger partial charge in [0.25, 0.3) is 0 Å². The fourth-order valence-electron chi connectivity index (χ4n) is 2.67. The zero-order chi connectivity index (χ0) is 17.3. The fourth-order valence-corrected chi connectivity index (χ4v) is 2.67. The van der Waals surface area contributed by atoms with Gasteiger partial charge in [0, 0.05) is 5.70 Å². The number of nitrogens with zero attached hydrogens (tertiary/aromatic N) is 4. The summed E-state index contributed by atoms with van der Waals surface area (Å²) in [6.45, 7) is 5.43. The molecular weight excluding hydrogens is 310 g/mol. The smallest absolute Gasteiger partial charge is 0.338 e. The van der Waals surface area contributed by atoms with Gasteiger partial charge in [-0.25, -0.2) is 4.79 Å². The van der Waals surface area contributed by atoms with Crippen molar-refractivity contribution in [2.24, 2.45) is 0 Å². The molecular formula is C16H19N5O3. The molecule has 0 saturated heterocycles. The predicted octanol–water partition coefficient (Wildman–Crippen LogP) is 1.92. The minimum atomic E-state index is -0.488. The largest absolute Gasteiger partial charge is 0.497 e. The van der Waals surface area contributed by atoms with Crippen LogP contribution in [0.1, 0.15) is 32.4 Å². The molecule has 1 aromatic carbocycles. The van der Waals surface area contributed by atoms with E-state index >= 15 is 0 Å². The summed E-state index contributed by atoms with van der Waals surface area (Å²) in [5, 5.41) is 14.7. The van der Waals surface area contributed by atoms with Crippen LogP contribution in [0, 0.1) is 0 Å². The van der Waals surface area contributed by atoms with Gasteiger partial charge in [-0.15, -0.1) is 0 Å². The van der Waals surface area contributed by atoms with Gasteiger partial charge in [0.05, 0.1) is 18.8 Å². The molecule has 0 fully saturated rings. The molecule has 8 nitrogen and oxygen atoms in total. The third-order valence-electron chi connectivity index (χ3n) is 3.69. The van der Waals surface area contributed by atoms with Gasteiger partial charge in [-0.1, -0.05) is 17.2 Å². The van der Waals surface area contributed by atoms with E-state index in [0.717, 1.165) is 5.56 Å². The maximum absolute atomic E-state index is 12.7. The molecule has 0 amide bonds. The number of hydrogen-bond donors (Lipinski definition) is 1. The standard InChI is InChI=1S/C16H19N5O3/c1-9(2)24-15(22)13-10(3)17-16-18-19-20-21(16)14(13)11-6-5-7-12(8-11)23-4/h5-9,14H,1-4H3,(H,17,18,20)/t14-/m1/s1. The first-order valence-corrected chi connectivity index (χ1v) is 7.62. The number of esters is 1. The van der Waals surface area contributed by atoms with E-state index in [2.05, 4.69) is 20.8 Å². The number of hydrogen-bond acceptors (Lipinski definition) is 7. The molecule has 0 aliphatic carbocycles. The summed E-state index contributed by atoms with van der Waals surface area (Å²) in [4.78, 5) is 12.7. The van der Waals surface area contributed by atoms with Gasteiger partial charge in [0.2, 0.25) is 5.95 Å². The molecule has 2 heterocycles. The number of allylic oxidation sites excluding steroid dienone is 1. The zero-order valence-corrected chi connectivity index (χ0v) is 14.0. The Kier molecular flexibility index (Phi) is 4.20. The van der Waals surface area contributed by atoms with E-state index in [1.807, 2.05) is 45.0 Å². The van der Waals surface area contributed by atoms with Crippen molar-refractivity contribution in [2.75, 3.05) is 12.4 Å². The van der Waals surface area contributed by atoms with Gasteiger partial charge >= 0.3 is 5.97 Å². The van der Waals surface area contributed by atoms with Crippen molar-refractivity contribution in [1.82, 2.24) is 20.2 Å². The molecule has 1 N–H and O–H groups in total. The van der Waals surface area contributed by atoms with Crippen molar-refractivity contribution in [2.45, 2.75) is 32.9 Å². The molecule has 1 aliphatic heterocycles. The van der Waals surface area contributed by atoms with Crippen molar-refractivity contribution in [3.8, 4) is 5.75 Å². The second-order valence-corrected chi connectivity index (χ2v) is 5.74. The first-order chi connectivity index (χ1) is 11.5. The quantitative estimate of drug-likeness (QED) is 0.857. The van der Waals surface area contributed by atoms with Crippen LogP contribution in [0.2, 0.25) is 0 Å². The Morgan fingerprint density at radius 2 is 2.17 bits per heavy atom. The van der Waals surface area contributed by atoms with E-state index < -0.39 is 12.0 Å². The lowest BCUT2D eigenvalue weighted by molar-refractivity contribution is -0.143. The summed E-state index contributed by atoms with van der Waals surface area (Å²) >= 11 is 0. The normalized spacial score (nSPS) is 16.6. The molecule has 0 saturated carbocycles. The molecule has 0 radical (unpaired) electrons. The summed E-state index contributed by atoms with van der Waals surface area (Å²) in [6.07, 6.45) is -0.223. The first-order valence-electron chi connectivity index (χ1n) is 7.62. The lowest BCUT2D eigenvalue weighted by atomic mass is 9.95. The summed E-state index contributed by atoms with van der Waals surface area (Å²) in [5.41, 5.74) is 1.96. The van der Waals surface area contributed by atoms with Crippen LogP contribution in [-0.4, -0.2) is 39.4 Å². The van der Waals surface area contributed by atoms with Gasteiger partial charge in [0.15, 0.2) is 0 Å². The van der Waals surface area contributed by atoms with E-state index in [1.54, 1.807) is 11.8 Å². The summed E-state index contributed by atoms with van der Waals surface area (Å²) in [5.74, 6) is 0.764. The number of nitrogens with one attached hydrogen (secondary N) is 1. The van der Waals surface area contributed by atoms with Crippen LogP contribution in [0.5, 0.6) is 5.75 Å². The van der Waals surface area contributed by atoms with Gasteiger partial charge in [-0.3, -0.25) is 0 Å². The second kappa shape index (κ2) is 6.31. The highest BCUT2D eigenvalue weighted by molar-refractivity contribution is 5.92. The average molecular weight is 329 g/mol.